The molecule has 0 bridgehead atoms. The molecule has 1 aliphatic heterocycles. The average Bonchev–Trinajstić information content (AvgIpc) is 3.21. The monoisotopic (exact) mass is 437 g/mol. The Bertz CT molecular complexity index is 1100. The van der Waals surface area contributed by atoms with E-state index in [-0.39, 0.29) is 11.4 Å². The molecule has 1 aromatic heterocycles. The van der Waals surface area contributed by atoms with Gasteiger partial charge in [0.1, 0.15) is 0 Å². The summed E-state index contributed by atoms with van der Waals surface area (Å²) in [4.78, 5) is 13.2. The van der Waals surface area contributed by atoms with Gasteiger partial charge in [-0.3, -0.25) is 4.79 Å². The normalized spacial score (nSPS) is 17.4. The zero-order valence-corrected chi connectivity index (χ0v) is 18.8. The maximum absolute atomic E-state index is 12.5. The van der Waals surface area contributed by atoms with Crippen LogP contribution < -0.4 is 10.6 Å². The van der Waals surface area contributed by atoms with Crippen molar-refractivity contribution in [3.05, 3.63) is 87.0 Å². The third-order valence-corrected chi connectivity index (χ3v) is 6.51. The molecule has 0 aliphatic carbocycles. The number of carbonyl (C=O) groups excluding carboxylic acids is 1. The Morgan fingerprint density at radius 3 is 2.50 bits per heavy atom. The van der Waals surface area contributed by atoms with E-state index in [2.05, 4.69) is 54.2 Å². The van der Waals surface area contributed by atoms with Crippen molar-refractivity contribution in [1.29, 1.82) is 0 Å². The van der Waals surface area contributed by atoms with Crippen LogP contribution in [-0.4, -0.2) is 16.0 Å². The number of benzene rings is 2. The van der Waals surface area contributed by atoms with E-state index in [0.717, 1.165) is 34.7 Å². The summed E-state index contributed by atoms with van der Waals surface area (Å²) in [7, 11) is 0. The summed E-state index contributed by atoms with van der Waals surface area (Å²) in [6.07, 6.45) is 2.98. The number of carbonyl (C=O) groups is 1. The van der Waals surface area contributed by atoms with Gasteiger partial charge in [-0.05, 0) is 79.9 Å². The minimum Gasteiger partial charge on any atom is -0.357 e. The number of nitrogens with zero attached hydrogens (tertiary/aromatic N) is 1. The van der Waals surface area contributed by atoms with Crippen LogP contribution >= 0.6 is 23.4 Å². The van der Waals surface area contributed by atoms with Gasteiger partial charge in [0.2, 0.25) is 0 Å². The van der Waals surface area contributed by atoms with Gasteiger partial charge in [0.15, 0.2) is 5.50 Å². The van der Waals surface area contributed by atoms with E-state index < -0.39 is 0 Å². The Hall–Kier alpha value is -2.63. The number of anilines is 1. The number of hydrogen-bond acceptors (Lipinski definition) is 3. The van der Waals surface area contributed by atoms with E-state index in [4.69, 9.17) is 11.6 Å². The van der Waals surface area contributed by atoms with Crippen LogP contribution in [0.5, 0.6) is 0 Å². The number of aromatic nitrogens is 1. The van der Waals surface area contributed by atoms with Crippen molar-refractivity contribution in [1.82, 2.24) is 9.88 Å². The number of hydrogen-bond donors (Lipinski definition) is 2. The second kappa shape index (κ2) is 8.62. The smallest absolute Gasteiger partial charge is 0.260 e. The van der Waals surface area contributed by atoms with Crippen molar-refractivity contribution in [2.24, 2.45) is 0 Å². The van der Waals surface area contributed by atoms with Crippen molar-refractivity contribution >= 4 is 41.0 Å². The Morgan fingerprint density at radius 2 is 1.83 bits per heavy atom. The van der Waals surface area contributed by atoms with Crippen LogP contribution in [0.15, 0.2) is 59.5 Å². The van der Waals surface area contributed by atoms with Crippen LogP contribution in [0.25, 0.3) is 11.8 Å². The molecule has 0 unspecified atom stereocenters. The lowest BCUT2D eigenvalue weighted by atomic mass is 10.1. The number of thioether (sulfide) groups is 1. The van der Waals surface area contributed by atoms with Gasteiger partial charge in [-0.25, -0.2) is 0 Å². The highest BCUT2D eigenvalue weighted by molar-refractivity contribution is 8.05. The first kappa shape index (κ1) is 20.6. The third kappa shape index (κ3) is 4.27. The number of nitrogens with one attached hydrogen (secondary N) is 2. The predicted molar refractivity (Wildman–Crippen MR) is 127 cm³/mol. The predicted octanol–water partition coefficient (Wildman–Crippen LogP) is 5.91. The summed E-state index contributed by atoms with van der Waals surface area (Å²) >= 11 is 7.53. The second-order valence-electron chi connectivity index (χ2n) is 7.31. The highest BCUT2D eigenvalue weighted by Gasteiger charge is 2.27. The zero-order valence-electron chi connectivity index (χ0n) is 17.2. The average molecular weight is 438 g/mol. The molecule has 4 nitrogen and oxygen atoms in total. The number of halogens is 1. The quantitative estimate of drug-likeness (QED) is 0.488. The Morgan fingerprint density at radius 1 is 1.13 bits per heavy atom. The molecule has 0 radical (unpaired) electrons. The molecule has 3 aromatic rings. The highest BCUT2D eigenvalue weighted by Crippen LogP contribution is 2.32. The largest absolute Gasteiger partial charge is 0.357 e. The fourth-order valence-electron chi connectivity index (χ4n) is 3.62. The second-order valence-corrected chi connectivity index (χ2v) is 8.90. The van der Waals surface area contributed by atoms with Crippen molar-refractivity contribution in [2.75, 3.05) is 5.32 Å². The molecule has 30 heavy (non-hydrogen) atoms. The van der Waals surface area contributed by atoms with Crippen LogP contribution in [0.2, 0.25) is 5.02 Å². The lowest BCUT2D eigenvalue weighted by molar-refractivity contribution is -0.116. The molecule has 154 valence electrons. The zero-order chi connectivity index (χ0) is 21.3. The minimum atomic E-state index is -0.184. The van der Waals surface area contributed by atoms with Gasteiger partial charge in [-0.15, -0.1) is 0 Å². The molecule has 1 saturated heterocycles. The summed E-state index contributed by atoms with van der Waals surface area (Å²) in [5.74, 6) is -0.0565. The summed E-state index contributed by atoms with van der Waals surface area (Å²) in [5, 5.41) is 7.09. The minimum absolute atomic E-state index is 0.0565. The van der Waals surface area contributed by atoms with Gasteiger partial charge >= 0.3 is 0 Å². The molecule has 2 heterocycles. The van der Waals surface area contributed by atoms with Crippen LogP contribution in [0, 0.1) is 13.8 Å². The lowest BCUT2D eigenvalue weighted by Gasteiger charge is -2.12. The molecule has 1 fully saturated rings. The summed E-state index contributed by atoms with van der Waals surface area (Å²) in [6, 6.07) is 18.2. The van der Waals surface area contributed by atoms with Crippen molar-refractivity contribution < 1.29 is 4.79 Å². The van der Waals surface area contributed by atoms with Crippen LogP contribution in [0.1, 0.15) is 29.4 Å². The van der Waals surface area contributed by atoms with Crippen molar-refractivity contribution in [3.8, 4) is 5.69 Å². The fraction of sp³-hybridized carbons (Fsp3) is 0.208. The van der Waals surface area contributed by atoms with E-state index in [0.29, 0.717) is 9.93 Å². The van der Waals surface area contributed by atoms with Crippen LogP contribution in [-0.2, 0) is 11.2 Å². The molecular weight excluding hydrogens is 414 g/mol. The molecule has 1 atom stereocenters. The summed E-state index contributed by atoms with van der Waals surface area (Å²) < 4.78 is 2.17. The molecule has 0 spiro atoms. The van der Waals surface area contributed by atoms with E-state index in [1.807, 2.05) is 42.5 Å². The standard InChI is InChI=1S/C24H24ClN3OS/c1-4-17-5-9-20(10-6-17)26-24-27-23(29)22(30-24)14-18-13-15(2)28(16(18)3)21-11-7-19(25)8-12-21/h5-14,24,26H,4H2,1-3H3,(H,27,29)/b22-14+/t24-/m0/s1. The van der Waals surface area contributed by atoms with Gasteiger partial charge in [0, 0.05) is 27.8 Å². The number of amides is 1. The van der Waals surface area contributed by atoms with Gasteiger partial charge < -0.3 is 15.2 Å². The Balaban J connectivity index is 1.54. The molecular formula is C24H24ClN3OS. The number of aryl methyl sites for hydroxylation is 2. The van der Waals surface area contributed by atoms with E-state index in [1.165, 1.54) is 17.3 Å². The SMILES string of the molecule is CCc1ccc(N[C@H]2NC(=O)/C(=C\c3cc(C)n(-c4ccc(Cl)cc4)c3C)S2)cc1. The summed E-state index contributed by atoms with van der Waals surface area (Å²) in [5.41, 5.74) is 6.38. The molecule has 1 aliphatic rings. The van der Waals surface area contributed by atoms with Gasteiger partial charge in [-0.1, -0.05) is 42.4 Å². The van der Waals surface area contributed by atoms with Gasteiger partial charge in [0.05, 0.1) is 4.91 Å². The van der Waals surface area contributed by atoms with Crippen molar-refractivity contribution in [3.63, 3.8) is 0 Å². The molecule has 0 saturated carbocycles. The third-order valence-electron chi connectivity index (χ3n) is 5.23. The number of rotatable bonds is 5. The molecule has 2 N–H and O–H groups in total. The molecule has 6 heteroatoms. The maximum atomic E-state index is 12.5. The maximum Gasteiger partial charge on any atom is 0.260 e. The van der Waals surface area contributed by atoms with E-state index >= 15 is 0 Å². The molecule has 1 amide bonds. The lowest BCUT2D eigenvalue weighted by Crippen LogP contribution is -2.30. The van der Waals surface area contributed by atoms with Gasteiger partial charge in [0.25, 0.3) is 5.91 Å². The fourth-order valence-corrected chi connectivity index (χ4v) is 4.72. The Labute approximate surface area is 186 Å². The van der Waals surface area contributed by atoms with E-state index in [9.17, 15) is 4.79 Å². The van der Waals surface area contributed by atoms with Crippen LogP contribution in [0.4, 0.5) is 5.69 Å². The first-order valence-corrected chi connectivity index (χ1v) is 11.2. The summed E-state index contributed by atoms with van der Waals surface area (Å²) in [6.45, 7) is 6.27. The molecule has 4 rings (SSSR count). The molecule has 2 aromatic carbocycles. The van der Waals surface area contributed by atoms with E-state index in [1.54, 1.807) is 0 Å². The Kier molecular flexibility index (Phi) is 5.93. The van der Waals surface area contributed by atoms with Crippen LogP contribution in [0.3, 0.4) is 0 Å². The van der Waals surface area contributed by atoms with Crippen molar-refractivity contribution in [2.45, 2.75) is 32.7 Å². The topological polar surface area (TPSA) is 46.1 Å². The van der Waals surface area contributed by atoms with Gasteiger partial charge in [-0.2, -0.15) is 0 Å². The first-order chi connectivity index (χ1) is 14.4. The highest BCUT2D eigenvalue weighted by atomic mass is 35.5. The first-order valence-electron chi connectivity index (χ1n) is 9.94.